The highest BCUT2D eigenvalue weighted by Crippen LogP contribution is 2.28. The van der Waals surface area contributed by atoms with Crippen LogP contribution in [-0.4, -0.2) is 25.7 Å². The van der Waals surface area contributed by atoms with E-state index in [1.165, 1.54) is 6.42 Å². The van der Waals surface area contributed by atoms with Gasteiger partial charge in [0.1, 0.15) is 5.75 Å². The number of aliphatic imine (C=N–C) groups is 1. The Balaban J connectivity index is 0.00000200. The molecule has 0 spiro atoms. The van der Waals surface area contributed by atoms with Gasteiger partial charge in [0.25, 0.3) is 0 Å². The number of guanidine groups is 1. The molecule has 0 radical (unpaired) electrons. The lowest BCUT2D eigenvalue weighted by Gasteiger charge is -2.11. The maximum Gasteiger partial charge on any atom is 0.191 e. The van der Waals surface area contributed by atoms with E-state index in [0.717, 1.165) is 29.7 Å². The summed E-state index contributed by atoms with van der Waals surface area (Å²) in [6.07, 6.45) is 1.24. The number of hydrogen-bond acceptors (Lipinski definition) is 2. The Morgan fingerprint density at radius 2 is 2.10 bits per heavy atom. The van der Waals surface area contributed by atoms with E-state index in [4.69, 9.17) is 4.74 Å². The van der Waals surface area contributed by atoms with Gasteiger partial charge in [0.15, 0.2) is 5.96 Å². The van der Waals surface area contributed by atoms with Crippen LogP contribution in [0.4, 0.5) is 0 Å². The number of methoxy groups -OCH3 is 1. The molecule has 1 fully saturated rings. The first kappa shape index (κ1) is 17.1. The van der Waals surface area contributed by atoms with Gasteiger partial charge >= 0.3 is 0 Å². The van der Waals surface area contributed by atoms with Crippen LogP contribution in [-0.2, 0) is 6.54 Å². The number of rotatable bonds is 5. The number of ether oxygens (including phenoxy) is 1. The Kier molecular flexibility index (Phi) is 7.12. The molecule has 2 N–H and O–H groups in total. The average Bonchev–Trinajstić information content (AvgIpc) is 3.12. The molecule has 1 aromatic rings. The summed E-state index contributed by atoms with van der Waals surface area (Å²) in [5.41, 5.74) is 1.10. The van der Waals surface area contributed by atoms with Crippen molar-refractivity contribution in [3.63, 3.8) is 0 Å². The van der Waals surface area contributed by atoms with Crippen LogP contribution < -0.4 is 15.4 Å². The molecule has 0 heterocycles. The quantitative estimate of drug-likeness (QED) is 0.463. The van der Waals surface area contributed by atoms with Crippen LogP contribution >= 0.6 is 24.0 Å². The number of benzene rings is 1. The third-order valence-electron chi connectivity index (χ3n) is 3.38. The Hall–Kier alpha value is -0.980. The lowest BCUT2D eigenvalue weighted by molar-refractivity contribution is 0.410. The zero-order valence-corrected chi connectivity index (χ0v) is 14.7. The predicted molar refractivity (Wildman–Crippen MR) is 93.9 cm³/mol. The van der Waals surface area contributed by atoms with Gasteiger partial charge in [-0.05, 0) is 25.3 Å². The van der Waals surface area contributed by atoms with Crippen molar-refractivity contribution < 1.29 is 4.74 Å². The van der Waals surface area contributed by atoms with Crippen LogP contribution in [0.25, 0.3) is 0 Å². The third-order valence-corrected chi connectivity index (χ3v) is 3.38. The molecular weight excluding hydrogens is 365 g/mol. The second kappa shape index (κ2) is 8.34. The molecule has 2 rings (SSSR count). The molecule has 4 nitrogen and oxygen atoms in total. The molecule has 1 saturated carbocycles. The molecule has 2 atom stereocenters. The van der Waals surface area contributed by atoms with Crippen LogP contribution in [0.1, 0.15) is 25.8 Å². The van der Waals surface area contributed by atoms with Crippen molar-refractivity contribution in [2.75, 3.05) is 13.7 Å². The molecule has 0 aromatic heterocycles. The summed E-state index contributed by atoms with van der Waals surface area (Å²) in [6.45, 7) is 5.83. The molecule has 1 aliphatic rings. The maximum absolute atomic E-state index is 5.34. The Morgan fingerprint density at radius 1 is 1.40 bits per heavy atom. The molecule has 5 heteroatoms. The van der Waals surface area contributed by atoms with Gasteiger partial charge < -0.3 is 15.4 Å². The van der Waals surface area contributed by atoms with Crippen LogP contribution in [0.3, 0.4) is 0 Å². The van der Waals surface area contributed by atoms with E-state index in [-0.39, 0.29) is 24.0 Å². The van der Waals surface area contributed by atoms with Crippen LogP contribution in [0, 0.1) is 5.92 Å². The first-order valence-electron chi connectivity index (χ1n) is 6.91. The summed E-state index contributed by atoms with van der Waals surface area (Å²) < 4.78 is 5.34. The van der Waals surface area contributed by atoms with E-state index in [1.807, 2.05) is 24.3 Å². The lowest BCUT2D eigenvalue weighted by Crippen LogP contribution is -2.39. The van der Waals surface area contributed by atoms with Crippen LogP contribution in [0.5, 0.6) is 5.75 Å². The fourth-order valence-corrected chi connectivity index (χ4v) is 2.02. The normalized spacial score (nSPS) is 20.9. The van der Waals surface area contributed by atoms with Gasteiger partial charge in [-0.15, -0.1) is 24.0 Å². The Bertz CT molecular complexity index is 450. The molecule has 112 valence electrons. The first-order valence-corrected chi connectivity index (χ1v) is 6.91. The molecule has 1 aliphatic carbocycles. The molecule has 0 amide bonds. The van der Waals surface area contributed by atoms with Crippen molar-refractivity contribution >= 4 is 29.9 Å². The van der Waals surface area contributed by atoms with Gasteiger partial charge in [0.05, 0.1) is 13.7 Å². The van der Waals surface area contributed by atoms with Crippen LogP contribution in [0.15, 0.2) is 29.3 Å². The lowest BCUT2D eigenvalue weighted by atomic mass is 10.2. The molecule has 0 saturated heterocycles. The molecular formula is C15H24IN3O. The van der Waals surface area contributed by atoms with Gasteiger partial charge in [-0.2, -0.15) is 0 Å². The summed E-state index contributed by atoms with van der Waals surface area (Å²) in [7, 11) is 1.69. The molecule has 20 heavy (non-hydrogen) atoms. The van der Waals surface area contributed by atoms with Gasteiger partial charge in [-0.3, -0.25) is 0 Å². The summed E-state index contributed by atoms with van der Waals surface area (Å²) in [5.74, 6) is 2.54. The monoisotopic (exact) mass is 389 g/mol. The molecule has 2 unspecified atom stereocenters. The number of halogens is 1. The fraction of sp³-hybridized carbons (Fsp3) is 0.533. The van der Waals surface area contributed by atoms with Gasteiger partial charge in [0, 0.05) is 18.2 Å². The minimum atomic E-state index is 0. The van der Waals surface area contributed by atoms with E-state index in [1.54, 1.807) is 7.11 Å². The fourth-order valence-electron chi connectivity index (χ4n) is 2.02. The summed E-state index contributed by atoms with van der Waals surface area (Å²) in [4.78, 5) is 4.62. The number of nitrogens with zero attached hydrogens (tertiary/aromatic N) is 1. The molecule has 0 aliphatic heterocycles. The van der Waals surface area contributed by atoms with Crippen LogP contribution in [0.2, 0.25) is 0 Å². The van der Waals surface area contributed by atoms with Crippen molar-refractivity contribution in [1.82, 2.24) is 10.6 Å². The van der Waals surface area contributed by atoms with Crippen molar-refractivity contribution in [3.05, 3.63) is 29.8 Å². The number of para-hydroxylation sites is 1. The maximum atomic E-state index is 5.34. The number of hydrogen-bond donors (Lipinski definition) is 2. The summed E-state index contributed by atoms with van der Waals surface area (Å²) in [5, 5.41) is 6.73. The van der Waals surface area contributed by atoms with E-state index < -0.39 is 0 Å². The highest BCUT2D eigenvalue weighted by atomic mass is 127. The van der Waals surface area contributed by atoms with E-state index in [0.29, 0.717) is 12.6 Å². The Labute approximate surface area is 138 Å². The highest BCUT2D eigenvalue weighted by Gasteiger charge is 2.33. The molecule has 1 aromatic carbocycles. The topological polar surface area (TPSA) is 45.7 Å². The minimum Gasteiger partial charge on any atom is -0.496 e. The smallest absolute Gasteiger partial charge is 0.191 e. The standard InChI is InChI=1S/C15H23N3O.HI/c1-4-16-15(18-13-9-11(13)2)17-10-12-7-5-6-8-14(12)19-3;/h5-8,11,13H,4,9-10H2,1-3H3,(H2,16,17,18);1H. The van der Waals surface area contributed by atoms with Crippen molar-refractivity contribution in [3.8, 4) is 5.75 Å². The van der Waals surface area contributed by atoms with Crippen molar-refractivity contribution in [2.24, 2.45) is 10.9 Å². The second-order valence-corrected chi connectivity index (χ2v) is 4.97. The zero-order chi connectivity index (χ0) is 13.7. The largest absolute Gasteiger partial charge is 0.496 e. The minimum absolute atomic E-state index is 0. The highest BCUT2D eigenvalue weighted by molar-refractivity contribution is 14.0. The van der Waals surface area contributed by atoms with E-state index in [9.17, 15) is 0 Å². The third kappa shape index (κ3) is 4.85. The zero-order valence-electron chi connectivity index (χ0n) is 12.3. The SMILES string of the molecule is CCNC(=NCc1ccccc1OC)NC1CC1C.I. The first-order chi connectivity index (χ1) is 9.24. The van der Waals surface area contributed by atoms with Gasteiger partial charge in [-0.1, -0.05) is 25.1 Å². The summed E-state index contributed by atoms with van der Waals surface area (Å²) >= 11 is 0. The van der Waals surface area contributed by atoms with Crippen molar-refractivity contribution in [2.45, 2.75) is 32.9 Å². The Morgan fingerprint density at radius 3 is 2.70 bits per heavy atom. The summed E-state index contributed by atoms with van der Waals surface area (Å²) in [6, 6.07) is 8.58. The van der Waals surface area contributed by atoms with E-state index >= 15 is 0 Å². The molecule has 0 bridgehead atoms. The predicted octanol–water partition coefficient (Wildman–Crippen LogP) is 2.78. The second-order valence-electron chi connectivity index (χ2n) is 4.97. The van der Waals surface area contributed by atoms with E-state index in [2.05, 4.69) is 29.5 Å². The van der Waals surface area contributed by atoms with Crippen molar-refractivity contribution in [1.29, 1.82) is 0 Å². The number of nitrogens with one attached hydrogen (secondary N) is 2. The van der Waals surface area contributed by atoms with Gasteiger partial charge in [-0.25, -0.2) is 4.99 Å². The average molecular weight is 389 g/mol. The van der Waals surface area contributed by atoms with Gasteiger partial charge in [0.2, 0.25) is 0 Å².